The molecule has 1 fully saturated rings. The van der Waals surface area contributed by atoms with Gasteiger partial charge in [0.15, 0.2) is 0 Å². The Hall–Kier alpha value is -0.890. The Morgan fingerprint density at radius 2 is 2.12 bits per heavy atom. The van der Waals surface area contributed by atoms with Crippen molar-refractivity contribution in [1.29, 1.82) is 0 Å². The van der Waals surface area contributed by atoms with E-state index in [-0.39, 0.29) is 0 Å². The van der Waals surface area contributed by atoms with E-state index in [1.165, 1.54) is 37.7 Å². The average molecular weight is 232 g/mol. The van der Waals surface area contributed by atoms with Crippen molar-refractivity contribution in [1.82, 2.24) is 10.3 Å². The van der Waals surface area contributed by atoms with Gasteiger partial charge in [0.2, 0.25) is 0 Å². The van der Waals surface area contributed by atoms with Gasteiger partial charge < -0.3 is 5.32 Å². The van der Waals surface area contributed by atoms with Gasteiger partial charge in [0.1, 0.15) is 0 Å². The first-order chi connectivity index (χ1) is 8.24. The third kappa shape index (κ3) is 4.12. The standard InChI is InChI=1S/C15H24N2/c1-12-4-3-5-15(9-6-12)17-11-14-8-7-13(2)16-10-14/h7-8,10,12,15,17H,3-6,9,11H2,1-2H3. The minimum atomic E-state index is 0.709. The van der Waals surface area contributed by atoms with Crippen molar-refractivity contribution in [3.05, 3.63) is 29.6 Å². The fourth-order valence-electron chi connectivity index (χ4n) is 2.56. The SMILES string of the molecule is Cc1ccc(CNC2CCCC(C)CC2)cn1. The van der Waals surface area contributed by atoms with Crippen molar-refractivity contribution >= 4 is 0 Å². The maximum absolute atomic E-state index is 4.33. The summed E-state index contributed by atoms with van der Waals surface area (Å²) in [6, 6.07) is 4.97. The van der Waals surface area contributed by atoms with Crippen molar-refractivity contribution in [2.24, 2.45) is 5.92 Å². The molecule has 94 valence electrons. The topological polar surface area (TPSA) is 24.9 Å². The molecule has 1 saturated carbocycles. The summed E-state index contributed by atoms with van der Waals surface area (Å²) in [5, 5.41) is 3.68. The molecule has 1 N–H and O–H groups in total. The second kappa shape index (κ2) is 6.15. The van der Waals surface area contributed by atoms with Crippen LogP contribution in [0.4, 0.5) is 0 Å². The minimum absolute atomic E-state index is 0.709. The quantitative estimate of drug-likeness (QED) is 0.807. The third-order valence-corrected chi connectivity index (χ3v) is 3.82. The summed E-state index contributed by atoms with van der Waals surface area (Å²) in [5.41, 5.74) is 2.39. The van der Waals surface area contributed by atoms with Crippen LogP contribution in [-0.2, 0) is 6.54 Å². The lowest BCUT2D eigenvalue weighted by atomic mass is 10.0. The van der Waals surface area contributed by atoms with Gasteiger partial charge in [-0.15, -0.1) is 0 Å². The first-order valence-corrected chi connectivity index (χ1v) is 6.89. The number of aromatic nitrogens is 1. The van der Waals surface area contributed by atoms with Crippen LogP contribution in [0.2, 0.25) is 0 Å². The summed E-state index contributed by atoms with van der Waals surface area (Å²) in [7, 11) is 0. The zero-order valence-corrected chi connectivity index (χ0v) is 11.1. The van der Waals surface area contributed by atoms with Gasteiger partial charge in [-0.1, -0.05) is 25.8 Å². The van der Waals surface area contributed by atoms with Crippen LogP contribution < -0.4 is 5.32 Å². The van der Waals surface area contributed by atoms with E-state index in [0.29, 0.717) is 6.04 Å². The number of hydrogen-bond acceptors (Lipinski definition) is 2. The van der Waals surface area contributed by atoms with Gasteiger partial charge in [0.25, 0.3) is 0 Å². The molecule has 2 rings (SSSR count). The largest absolute Gasteiger partial charge is 0.310 e. The summed E-state index contributed by atoms with van der Waals surface area (Å²) in [6.45, 7) is 5.38. The lowest BCUT2D eigenvalue weighted by Gasteiger charge is -2.16. The Bertz CT molecular complexity index is 331. The van der Waals surface area contributed by atoms with Crippen molar-refractivity contribution in [2.75, 3.05) is 0 Å². The zero-order valence-electron chi connectivity index (χ0n) is 11.1. The number of nitrogens with one attached hydrogen (secondary N) is 1. The molecule has 1 aromatic rings. The van der Waals surface area contributed by atoms with Crippen molar-refractivity contribution < 1.29 is 0 Å². The maximum Gasteiger partial charge on any atom is 0.0372 e. The van der Waals surface area contributed by atoms with Crippen LogP contribution in [-0.4, -0.2) is 11.0 Å². The highest BCUT2D eigenvalue weighted by molar-refractivity contribution is 5.12. The molecule has 0 saturated heterocycles. The highest BCUT2D eigenvalue weighted by Gasteiger charge is 2.15. The van der Waals surface area contributed by atoms with E-state index in [1.807, 2.05) is 13.1 Å². The van der Waals surface area contributed by atoms with Gasteiger partial charge >= 0.3 is 0 Å². The first kappa shape index (κ1) is 12.6. The normalized spacial score (nSPS) is 25.5. The van der Waals surface area contributed by atoms with E-state index in [2.05, 4.69) is 29.4 Å². The number of nitrogens with zero attached hydrogens (tertiary/aromatic N) is 1. The molecule has 1 aliphatic rings. The van der Waals surface area contributed by atoms with Crippen molar-refractivity contribution in [2.45, 2.75) is 58.5 Å². The van der Waals surface area contributed by atoms with Crippen LogP contribution in [0.15, 0.2) is 18.3 Å². The molecule has 0 radical (unpaired) electrons. The molecule has 2 heteroatoms. The van der Waals surface area contributed by atoms with Gasteiger partial charge in [-0.25, -0.2) is 0 Å². The summed E-state index contributed by atoms with van der Waals surface area (Å²) >= 11 is 0. The molecule has 17 heavy (non-hydrogen) atoms. The smallest absolute Gasteiger partial charge is 0.0372 e. The van der Waals surface area contributed by atoms with Crippen LogP contribution in [0.1, 0.15) is 50.3 Å². The number of hydrogen-bond donors (Lipinski definition) is 1. The van der Waals surface area contributed by atoms with Gasteiger partial charge in [0.05, 0.1) is 0 Å². The summed E-state index contributed by atoms with van der Waals surface area (Å²) < 4.78 is 0. The lowest BCUT2D eigenvalue weighted by Crippen LogP contribution is -2.28. The molecule has 2 unspecified atom stereocenters. The molecule has 1 aromatic heterocycles. The molecule has 0 aliphatic heterocycles. The Balaban J connectivity index is 1.79. The van der Waals surface area contributed by atoms with Crippen molar-refractivity contribution in [3.63, 3.8) is 0 Å². The van der Waals surface area contributed by atoms with Crippen LogP contribution in [0, 0.1) is 12.8 Å². The molecular weight excluding hydrogens is 208 g/mol. The molecule has 0 amide bonds. The Morgan fingerprint density at radius 1 is 1.24 bits per heavy atom. The highest BCUT2D eigenvalue weighted by atomic mass is 14.9. The second-order valence-electron chi connectivity index (χ2n) is 5.50. The molecule has 2 nitrogen and oxygen atoms in total. The predicted octanol–water partition coefficient (Wildman–Crippen LogP) is 3.45. The fourth-order valence-corrected chi connectivity index (χ4v) is 2.56. The number of aryl methyl sites for hydroxylation is 1. The van der Waals surface area contributed by atoms with Gasteiger partial charge in [-0.2, -0.15) is 0 Å². The first-order valence-electron chi connectivity index (χ1n) is 6.89. The zero-order chi connectivity index (χ0) is 12.1. The number of rotatable bonds is 3. The lowest BCUT2D eigenvalue weighted by molar-refractivity contribution is 0.447. The van der Waals surface area contributed by atoms with E-state index >= 15 is 0 Å². The van der Waals surface area contributed by atoms with E-state index in [4.69, 9.17) is 0 Å². The van der Waals surface area contributed by atoms with Gasteiger partial charge in [-0.05, 0) is 43.7 Å². The summed E-state index contributed by atoms with van der Waals surface area (Å²) in [4.78, 5) is 4.33. The Kier molecular flexibility index (Phi) is 4.55. The molecular formula is C15H24N2. The molecule has 2 atom stereocenters. The van der Waals surface area contributed by atoms with Crippen LogP contribution in [0.3, 0.4) is 0 Å². The maximum atomic E-state index is 4.33. The Morgan fingerprint density at radius 3 is 2.88 bits per heavy atom. The summed E-state index contributed by atoms with van der Waals surface area (Å²) in [5.74, 6) is 0.919. The average Bonchev–Trinajstić information content (AvgIpc) is 2.54. The third-order valence-electron chi connectivity index (χ3n) is 3.82. The minimum Gasteiger partial charge on any atom is -0.310 e. The van der Waals surface area contributed by atoms with Crippen LogP contribution in [0.25, 0.3) is 0 Å². The highest BCUT2D eigenvalue weighted by Crippen LogP contribution is 2.22. The van der Waals surface area contributed by atoms with E-state index in [9.17, 15) is 0 Å². The monoisotopic (exact) mass is 232 g/mol. The second-order valence-corrected chi connectivity index (χ2v) is 5.50. The van der Waals surface area contributed by atoms with Gasteiger partial charge in [0, 0.05) is 24.5 Å². The molecule has 0 spiro atoms. The van der Waals surface area contributed by atoms with Gasteiger partial charge in [-0.3, -0.25) is 4.98 Å². The van der Waals surface area contributed by atoms with Crippen LogP contribution in [0.5, 0.6) is 0 Å². The Labute approximate surface area is 105 Å². The van der Waals surface area contributed by atoms with E-state index in [1.54, 1.807) is 0 Å². The fraction of sp³-hybridized carbons (Fsp3) is 0.667. The molecule has 0 bridgehead atoms. The van der Waals surface area contributed by atoms with Crippen molar-refractivity contribution in [3.8, 4) is 0 Å². The summed E-state index contributed by atoms with van der Waals surface area (Å²) in [6.07, 6.45) is 8.82. The predicted molar refractivity (Wildman–Crippen MR) is 71.9 cm³/mol. The van der Waals surface area contributed by atoms with E-state index < -0.39 is 0 Å². The molecule has 1 heterocycles. The molecule has 0 aromatic carbocycles. The molecule has 1 aliphatic carbocycles. The number of pyridine rings is 1. The van der Waals surface area contributed by atoms with Crippen LogP contribution >= 0.6 is 0 Å². The van der Waals surface area contributed by atoms with E-state index in [0.717, 1.165) is 18.2 Å².